The Bertz CT molecular complexity index is 1150. The van der Waals surface area contributed by atoms with Gasteiger partial charge in [-0.2, -0.15) is 20.0 Å². The number of nitrogens with one attached hydrogen (secondary N) is 1. The third-order valence-electron chi connectivity index (χ3n) is 5.90. The zero-order valence-electron chi connectivity index (χ0n) is 17.3. The number of benzene rings is 2. The normalized spacial score (nSPS) is 18.9. The fraction of sp³-hybridized carbons (Fsp3) is 0.304. The quantitative estimate of drug-likeness (QED) is 0.533. The van der Waals surface area contributed by atoms with Crippen LogP contribution >= 0.6 is 0 Å². The molecule has 4 aromatic rings. The SMILES string of the molecule is CC1CCCN(C(=O)c2ccccc2-n2nccn2)C1CNc1nc2ccccc2o1. The highest BCUT2D eigenvalue weighted by atomic mass is 16.4. The molecule has 2 aromatic heterocycles. The zero-order valence-corrected chi connectivity index (χ0v) is 17.3. The number of carbonyl (C=O) groups excluding carboxylic acids is 1. The van der Waals surface area contributed by atoms with E-state index in [1.165, 1.54) is 4.80 Å². The number of piperidine rings is 1. The van der Waals surface area contributed by atoms with Crippen LogP contribution in [0.3, 0.4) is 0 Å². The van der Waals surface area contributed by atoms with Crippen LogP contribution in [0.5, 0.6) is 0 Å². The molecule has 1 saturated heterocycles. The Labute approximate surface area is 179 Å². The molecule has 0 saturated carbocycles. The molecule has 8 nitrogen and oxygen atoms in total. The second-order valence-electron chi connectivity index (χ2n) is 7.89. The summed E-state index contributed by atoms with van der Waals surface area (Å²) in [7, 11) is 0. The zero-order chi connectivity index (χ0) is 21.2. The number of oxazole rings is 1. The Kier molecular flexibility index (Phi) is 5.11. The number of rotatable bonds is 5. The number of fused-ring (bicyclic) bond motifs is 1. The van der Waals surface area contributed by atoms with Crippen molar-refractivity contribution in [1.29, 1.82) is 0 Å². The van der Waals surface area contributed by atoms with E-state index in [0.29, 0.717) is 36.3 Å². The number of hydrogen-bond donors (Lipinski definition) is 1. The molecule has 3 heterocycles. The van der Waals surface area contributed by atoms with Crippen molar-refractivity contribution in [3.05, 3.63) is 66.5 Å². The molecule has 2 unspecified atom stereocenters. The Morgan fingerprint density at radius 3 is 2.74 bits per heavy atom. The van der Waals surface area contributed by atoms with Crippen LogP contribution < -0.4 is 5.32 Å². The van der Waals surface area contributed by atoms with Gasteiger partial charge in [-0.1, -0.05) is 31.2 Å². The summed E-state index contributed by atoms with van der Waals surface area (Å²) in [5.41, 5.74) is 2.84. The lowest BCUT2D eigenvalue weighted by molar-refractivity contribution is 0.0539. The summed E-state index contributed by atoms with van der Waals surface area (Å²) in [6.45, 7) is 3.48. The van der Waals surface area contributed by atoms with Gasteiger partial charge in [-0.25, -0.2) is 0 Å². The molecule has 1 aliphatic heterocycles. The molecule has 8 heteroatoms. The molecular weight excluding hydrogens is 392 g/mol. The predicted molar refractivity (Wildman–Crippen MR) is 117 cm³/mol. The molecule has 1 N–H and O–H groups in total. The van der Waals surface area contributed by atoms with Crippen molar-refractivity contribution < 1.29 is 9.21 Å². The number of nitrogens with zero attached hydrogens (tertiary/aromatic N) is 5. The predicted octanol–water partition coefficient (Wildman–Crippen LogP) is 3.76. The fourth-order valence-corrected chi connectivity index (χ4v) is 4.28. The summed E-state index contributed by atoms with van der Waals surface area (Å²) >= 11 is 0. The van der Waals surface area contributed by atoms with E-state index in [1.54, 1.807) is 12.4 Å². The van der Waals surface area contributed by atoms with Gasteiger partial charge in [0.2, 0.25) is 0 Å². The first-order chi connectivity index (χ1) is 15.2. The van der Waals surface area contributed by atoms with Crippen LogP contribution in [-0.2, 0) is 0 Å². The van der Waals surface area contributed by atoms with Crippen molar-refractivity contribution in [2.24, 2.45) is 5.92 Å². The lowest BCUT2D eigenvalue weighted by Gasteiger charge is -2.40. The van der Waals surface area contributed by atoms with Crippen molar-refractivity contribution in [3.8, 4) is 5.69 Å². The van der Waals surface area contributed by atoms with Crippen molar-refractivity contribution in [3.63, 3.8) is 0 Å². The van der Waals surface area contributed by atoms with E-state index >= 15 is 0 Å². The summed E-state index contributed by atoms with van der Waals surface area (Å²) in [5, 5.41) is 11.7. The molecule has 2 aromatic carbocycles. The first-order valence-corrected chi connectivity index (χ1v) is 10.6. The highest BCUT2D eigenvalue weighted by Gasteiger charge is 2.33. The van der Waals surface area contributed by atoms with Crippen LogP contribution in [0.2, 0.25) is 0 Å². The second kappa shape index (κ2) is 8.22. The number of aromatic nitrogens is 4. The van der Waals surface area contributed by atoms with E-state index in [9.17, 15) is 4.79 Å². The Morgan fingerprint density at radius 1 is 1.13 bits per heavy atom. The maximum atomic E-state index is 13.6. The van der Waals surface area contributed by atoms with Crippen LogP contribution in [-0.4, -0.2) is 49.9 Å². The van der Waals surface area contributed by atoms with Crippen molar-refractivity contribution >= 4 is 23.0 Å². The highest BCUT2D eigenvalue weighted by Crippen LogP contribution is 2.27. The lowest BCUT2D eigenvalue weighted by atomic mass is 9.90. The van der Waals surface area contributed by atoms with Crippen molar-refractivity contribution in [2.45, 2.75) is 25.8 Å². The maximum absolute atomic E-state index is 13.6. The van der Waals surface area contributed by atoms with Gasteiger partial charge >= 0.3 is 0 Å². The van der Waals surface area contributed by atoms with E-state index in [1.807, 2.05) is 53.4 Å². The summed E-state index contributed by atoms with van der Waals surface area (Å²) in [6.07, 6.45) is 5.27. The molecule has 158 valence electrons. The van der Waals surface area contributed by atoms with Crippen LogP contribution in [0.4, 0.5) is 6.01 Å². The number of anilines is 1. The number of para-hydroxylation sites is 3. The molecule has 2 atom stereocenters. The lowest BCUT2D eigenvalue weighted by Crippen LogP contribution is -2.51. The third kappa shape index (κ3) is 3.76. The molecule has 0 spiro atoms. The van der Waals surface area contributed by atoms with E-state index in [2.05, 4.69) is 27.4 Å². The van der Waals surface area contributed by atoms with Crippen LogP contribution in [0.1, 0.15) is 30.1 Å². The van der Waals surface area contributed by atoms with Gasteiger partial charge in [0.05, 0.1) is 29.7 Å². The molecular formula is C23H24N6O2. The van der Waals surface area contributed by atoms with Gasteiger partial charge < -0.3 is 14.6 Å². The van der Waals surface area contributed by atoms with Crippen LogP contribution in [0, 0.1) is 5.92 Å². The standard InChI is InChI=1S/C23H24N6O2/c1-16-7-6-14-28(20(16)15-24-23-27-18-9-3-5-11-21(18)31-23)22(30)17-8-2-4-10-19(17)29-25-12-13-26-29/h2-5,8-13,16,20H,6-7,14-15H2,1H3,(H,24,27). The Balaban J connectivity index is 1.39. The van der Waals surface area contributed by atoms with Crippen molar-refractivity contribution in [2.75, 3.05) is 18.4 Å². The molecule has 0 aliphatic carbocycles. The monoisotopic (exact) mass is 416 g/mol. The van der Waals surface area contributed by atoms with Gasteiger partial charge in [0, 0.05) is 13.1 Å². The van der Waals surface area contributed by atoms with Gasteiger partial charge in [-0.15, -0.1) is 0 Å². The minimum absolute atomic E-state index is 0.0104. The second-order valence-corrected chi connectivity index (χ2v) is 7.89. The molecule has 0 bridgehead atoms. The number of amides is 1. The Morgan fingerprint density at radius 2 is 1.90 bits per heavy atom. The summed E-state index contributed by atoms with van der Waals surface area (Å²) in [4.78, 5) is 21.6. The van der Waals surface area contributed by atoms with E-state index < -0.39 is 0 Å². The van der Waals surface area contributed by atoms with Crippen LogP contribution in [0.25, 0.3) is 16.8 Å². The first kappa shape index (κ1) is 19.3. The molecule has 1 amide bonds. The van der Waals surface area contributed by atoms with Gasteiger partial charge in [0.15, 0.2) is 5.58 Å². The van der Waals surface area contributed by atoms with E-state index in [4.69, 9.17) is 4.42 Å². The molecule has 31 heavy (non-hydrogen) atoms. The minimum Gasteiger partial charge on any atom is -0.424 e. The van der Waals surface area contributed by atoms with E-state index in [0.717, 1.165) is 23.9 Å². The van der Waals surface area contributed by atoms with Gasteiger partial charge in [-0.05, 0) is 43.0 Å². The van der Waals surface area contributed by atoms with Gasteiger partial charge in [0.25, 0.3) is 11.9 Å². The maximum Gasteiger partial charge on any atom is 0.295 e. The van der Waals surface area contributed by atoms with Crippen LogP contribution in [0.15, 0.2) is 65.3 Å². The molecule has 5 rings (SSSR count). The third-order valence-corrected chi connectivity index (χ3v) is 5.90. The van der Waals surface area contributed by atoms with Crippen molar-refractivity contribution in [1.82, 2.24) is 24.9 Å². The fourth-order valence-electron chi connectivity index (χ4n) is 4.28. The first-order valence-electron chi connectivity index (χ1n) is 10.6. The molecule has 1 fully saturated rings. The minimum atomic E-state index is -0.0104. The summed E-state index contributed by atoms with van der Waals surface area (Å²) < 4.78 is 5.80. The van der Waals surface area contributed by atoms with Gasteiger partial charge in [-0.3, -0.25) is 4.79 Å². The highest BCUT2D eigenvalue weighted by molar-refractivity contribution is 5.98. The number of carbonyl (C=O) groups is 1. The molecule has 1 aliphatic rings. The average Bonchev–Trinajstić information content (AvgIpc) is 3.47. The molecule has 0 radical (unpaired) electrons. The smallest absolute Gasteiger partial charge is 0.295 e. The number of likely N-dealkylation sites (tertiary alicyclic amines) is 1. The average molecular weight is 416 g/mol. The van der Waals surface area contributed by atoms with Gasteiger partial charge in [0.1, 0.15) is 5.52 Å². The number of hydrogen-bond acceptors (Lipinski definition) is 6. The topological polar surface area (TPSA) is 89.1 Å². The summed E-state index contributed by atoms with van der Waals surface area (Å²) in [5.74, 6) is 0.341. The Hall–Kier alpha value is -3.68. The summed E-state index contributed by atoms with van der Waals surface area (Å²) in [6, 6.07) is 15.6. The largest absolute Gasteiger partial charge is 0.424 e. The van der Waals surface area contributed by atoms with E-state index in [-0.39, 0.29) is 11.9 Å².